The quantitative estimate of drug-likeness (QED) is 0.564. The van der Waals surface area contributed by atoms with Gasteiger partial charge < -0.3 is 0 Å². The first-order valence-electron chi connectivity index (χ1n) is 6.77. The number of rotatable bonds is 3. The molecule has 0 aromatic heterocycles. The first-order chi connectivity index (χ1) is 8.56. The van der Waals surface area contributed by atoms with Gasteiger partial charge in [-0.15, -0.1) is 6.58 Å². The van der Waals surface area contributed by atoms with E-state index in [-0.39, 0.29) is 11.8 Å². The molecule has 0 saturated heterocycles. The van der Waals surface area contributed by atoms with Gasteiger partial charge in [0.05, 0.1) is 0 Å². The van der Waals surface area contributed by atoms with Crippen LogP contribution in [-0.4, -0.2) is 23.3 Å². The van der Waals surface area contributed by atoms with Gasteiger partial charge in [0.25, 0.3) is 11.8 Å². The van der Waals surface area contributed by atoms with Gasteiger partial charge in [-0.1, -0.05) is 19.9 Å². The zero-order valence-electron chi connectivity index (χ0n) is 11.0. The lowest BCUT2D eigenvalue weighted by atomic mass is 9.78. The lowest BCUT2D eigenvalue weighted by Gasteiger charge is -2.25. The van der Waals surface area contributed by atoms with Crippen LogP contribution in [-0.2, 0) is 9.59 Å². The van der Waals surface area contributed by atoms with Gasteiger partial charge >= 0.3 is 0 Å². The van der Waals surface area contributed by atoms with E-state index in [4.69, 9.17) is 0 Å². The molecule has 1 saturated carbocycles. The molecule has 3 atom stereocenters. The number of likely N-dealkylation sites (tertiary alicyclic amines) is 1. The van der Waals surface area contributed by atoms with Crippen LogP contribution in [0.2, 0.25) is 0 Å². The van der Waals surface area contributed by atoms with Crippen molar-refractivity contribution in [2.24, 2.45) is 23.7 Å². The third-order valence-electron chi connectivity index (χ3n) is 4.80. The fourth-order valence-electron chi connectivity index (χ4n) is 4.04. The molecule has 0 radical (unpaired) electrons. The molecular weight excluding hydrogens is 226 g/mol. The Hall–Kier alpha value is -1.38. The first-order valence-corrected chi connectivity index (χ1v) is 6.77. The highest BCUT2D eigenvalue weighted by molar-refractivity contribution is 6.20. The van der Waals surface area contributed by atoms with E-state index in [0.717, 1.165) is 24.0 Å². The molecule has 3 nitrogen and oxygen atoms in total. The molecule has 0 spiro atoms. The van der Waals surface area contributed by atoms with Crippen molar-refractivity contribution >= 4 is 11.8 Å². The normalized spacial score (nSPS) is 33.9. The molecular formula is C15H19NO2. The van der Waals surface area contributed by atoms with Crippen LogP contribution in [0.4, 0.5) is 0 Å². The van der Waals surface area contributed by atoms with E-state index in [2.05, 4.69) is 20.4 Å². The lowest BCUT2D eigenvalue weighted by Crippen LogP contribution is -2.33. The van der Waals surface area contributed by atoms with Gasteiger partial charge in [0.15, 0.2) is 0 Å². The summed E-state index contributed by atoms with van der Waals surface area (Å²) in [5.41, 5.74) is 1.68. The molecule has 1 aliphatic heterocycles. The second-order valence-electron chi connectivity index (χ2n) is 6.02. The second kappa shape index (κ2) is 3.81. The van der Waals surface area contributed by atoms with Gasteiger partial charge in [0.2, 0.25) is 0 Å². The number of hydrogen-bond donors (Lipinski definition) is 0. The molecule has 0 aromatic rings. The van der Waals surface area contributed by atoms with E-state index in [1.54, 1.807) is 6.08 Å². The maximum Gasteiger partial charge on any atom is 0.257 e. The Morgan fingerprint density at radius 3 is 2.56 bits per heavy atom. The van der Waals surface area contributed by atoms with E-state index >= 15 is 0 Å². The van der Waals surface area contributed by atoms with Gasteiger partial charge in [-0.25, -0.2) is 0 Å². The van der Waals surface area contributed by atoms with Crippen molar-refractivity contribution in [2.75, 3.05) is 6.54 Å². The molecule has 0 aromatic carbocycles. The Bertz CT molecular complexity index is 475. The average molecular weight is 245 g/mol. The number of carbonyl (C=O) groups is 2. The summed E-state index contributed by atoms with van der Waals surface area (Å²) in [5, 5.41) is 0. The van der Waals surface area contributed by atoms with Crippen molar-refractivity contribution in [3.8, 4) is 0 Å². The van der Waals surface area contributed by atoms with Crippen molar-refractivity contribution in [1.82, 2.24) is 4.90 Å². The molecule has 2 bridgehead atoms. The smallest absolute Gasteiger partial charge is 0.257 e. The summed E-state index contributed by atoms with van der Waals surface area (Å²) >= 11 is 0. The fraction of sp³-hybridized carbons (Fsp3) is 0.600. The summed E-state index contributed by atoms with van der Waals surface area (Å²) < 4.78 is 0. The van der Waals surface area contributed by atoms with Gasteiger partial charge in [0.1, 0.15) is 0 Å². The van der Waals surface area contributed by atoms with E-state index in [1.165, 1.54) is 4.90 Å². The summed E-state index contributed by atoms with van der Waals surface area (Å²) in [6.07, 6.45) is 3.73. The molecule has 3 aliphatic rings. The van der Waals surface area contributed by atoms with E-state index in [9.17, 15) is 9.59 Å². The highest BCUT2D eigenvalue weighted by atomic mass is 16.2. The Kier molecular flexibility index (Phi) is 2.47. The minimum atomic E-state index is -0.0513. The predicted molar refractivity (Wildman–Crippen MR) is 68.5 cm³/mol. The third kappa shape index (κ3) is 1.30. The van der Waals surface area contributed by atoms with Crippen molar-refractivity contribution in [1.29, 1.82) is 0 Å². The topological polar surface area (TPSA) is 37.4 Å². The monoisotopic (exact) mass is 245 g/mol. The summed E-state index contributed by atoms with van der Waals surface area (Å²) in [6, 6.07) is 0. The van der Waals surface area contributed by atoms with E-state index < -0.39 is 0 Å². The van der Waals surface area contributed by atoms with Crippen LogP contribution in [0.1, 0.15) is 26.7 Å². The maximum absolute atomic E-state index is 12.3. The SMILES string of the molecule is C=CCN1C(=O)C2=C(C1=O)C1CC2CC1C(C)C. The van der Waals surface area contributed by atoms with E-state index in [1.807, 2.05) is 0 Å². The standard InChI is InChI=1S/C15H19NO2/c1-4-5-16-14(17)12-9-6-10(8(2)3)11(7-9)13(12)15(16)18/h4,8-11H,1,5-7H2,2-3H3. The summed E-state index contributed by atoms with van der Waals surface area (Å²) in [5.74, 6) is 1.73. The summed E-state index contributed by atoms with van der Waals surface area (Å²) in [6.45, 7) is 8.40. The Morgan fingerprint density at radius 1 is 1.28 bits per heavy atom. The fourth-order valence-corrected chi connectivity index (χ4v) is 4.04. The molecule has 1 heterocycles. The van der Waals surface area contributed by atoms with Crippen molar-refractivity contribution in [3.63, 3.8) is 0 Å². The number of amides is 2. The van der Waals surface area contributed by atoms with E-state index in [0.29, 0.717) is 30.2 Å². The highest BCUT2D eigenvalue weighted by Crippen LogP contribution is 2.56. The minimum absolute atomic E-state index is 0.0484. The zero-order valence-corrected chi connectivity index (χ0v) is 11.0. The Balaban J connectivity index is 1.95. The number of carbonyl (C=O) groups excluding carboxylic acids is 2. The minimum Gasteiger partial charge on any atom is -0.271 e. The molecule has 1 fully saturated rings. The van der Waals surface area contributed by atoms with Crippen molar-refractivity contribution in [3.05, 3.63) is 23.8 Å². The highest BCUT2D eigenvalue weighted by Gasteiger charge is 2.55. The largest absolute Gasteiger partial charge is 0.271 e. The lowest BCUT2D eigenvalue weighted by molar-refractivity contribution is -0.137. The maximum atomic E-state index is 12.3. The number of fused-ring (bicyclic) bond motifs is 4. The predicted octanol–water partition coefficient (Wildman–Crippen LogP) is 2.15. The van der Waals surface area contributed by atoms with Crippen LogP contribution in [0.5, 0.6) is 0 Å². The van der Waals surface area contributed by atoms with Crippen molar-refractivity contribution in [2.45, 2.75) is 26.7 Å². The van der Waals surface area contributed by atoms with Crippen LogP contribution >= 0.6 is 0 Å². The average Bonchev–Trinajstić information content (AvgIpc) is 2.96. The molecule has 3 heteroatoms. The van der Waals surface area contributed by atoms with Crippen LogP contribution in [0.25, 0.3) is 0 Å². The van der Waals surface area contributed by atoms with Crippen LogP contribution in [0.3, 0.4) is 0 Å². The summed E-state index contributed by atoms with van der Waals surface area (Å²) in [7, 11) is 0. The van der Waals surface area contributed by atoms with Gasteiger partial charge in [-0.3, -0.25) is 14.5 Å². The Labute approximate surface area is 108 Å². The summed E-state index contributed by atoms with van der Waals surface area (Å²) in [4.78, 5) is 26.0. The van der Waals surface area contributed by atoms with Crippen LogP contribution < -0.4 is 0 Å². The van der Waals surface area contributed by atoms with Crippen LogP contribution in [0, 0.1) is 23.7 Å². The van der Waals surface area contributed by atoms with Crippen molar-refractivity contribution < 1.29 is 9.59 Å². The molecule has 96 valence electrons. The zero-order chi connectivity index (χ0) is 13.0. The number of hydrogen-bond acceptors (Lipinski definition) is 2. The first kappa shape index (κ1) is 11.7. The molecule has 3 unspecified atom stereocenters. The van der Waals surface area contributed by atoms with Gasteiger partial charge in [0, 0.05) is 17.7 Å². The number of imide groups is 1. The third-order valence-corrected chi connectivity index (χ3v) is 4.80. The number of nitrogens with zero attached hydrogens (tertiary/aromatic N) is 1. The molecule has 3 rings (SSSR count). The second-order valence-corrected chi connectivity index (χ2v) is 6.02. The van der Waals surface area contributed by atoms with Gasteiger partial charge in [-0.2, -0.15) is 0 Å². The molecule has 18 heavy (non-hydrogen) atoms. The molecule has 0 N–H and O–H groups in total. The molecule has 2 aliphatic carbocycles. The van der Waals surface area contributed by atoms with Gasteiger partial charge in [-0.05, 0) is 36.5 Å². The van der Waals surface area contributed by atoms with Crippen LogP contribution in [0.15, 0.2) is 23.8 Å². The Morgan fingerprint density at radius 2 is 1.94 bits per heavy atom. The molecule has 2 amide bonds.